The molecular weight excluding hydrogens is 266 g/mol. The lowest BCUT2D eigenvalue weighted by atomic mass is 10.0. The fourth-order valence-corrected chi connectivity index (χ4v) is 3.60. The summed E-state index contributed by atoms with van der Waals surface area (Å²) >= 11 is 2.03. The Labute approximate surface area is 127 Å². The average molecular weight is 293 g/mol. The summed E-state index contributed by atoms with van der Waals surface area (Å²) in [6.07, 6.45) is 5.20. The Morgan fingerprint density at radius 2 is 2.20 bits per heavy atom. The van der Waals surface area contributed by atoms with E-state index in [1.807, 2.05) is 11.8 Å². The molecule has 0 spiro atoms. The Morgan fingerprint density at radius 3 is 2.90 bits per heavy atom. The molecule has 0 amide bonds. The number of nitrogens with one attached hydrogen (secondary N) is 1. The van der Waals surface area contributed by atoms with Gasteiger partial charge in [-0.3, -0.25) is 0 Å². The van der Waals surface area contributed by atoms with Crippen LogP contribution >= 0.6 is 11.8 Å². The van der Waals surface area contributed by atoms with Gasteiger partial charge >= 0.3 is 0 Å². The van der Waals surface area contributed by atoms with Crippen LogP contribution < -0.4 is 5.32 Å². The zero-order chi connectivity index (χ0) is 14.0. The molecule has 2 nitrogen and oxygen atoms in total. The minimum atomic E-state index is 0.399. The number of benzene rings is 1. The van der Waals surface area contributed by atoms with Crippen molar-refractivity contribution in [3.63, 3.8) is 0 Å². The van der Waals surface area contributed by atoms with Crippen LogP contribution in [0.5, 0.6) is 0 Å². The molecule has 3 heteroatoms. The Kier molecular flexibility index (Phi) is 7.48. The fraction of sp³-hybridized carbons (Fsp3) is 0.647. The first-order valence-corrected chi connectivity index (χ1v) is 9.02. The largest absolute Gasteiger partial charge is 0.375 e. The van der Waals surface area contributed by atoms with E-state index < -0.39 is 0 Å². The topological polar surface area (TPSA) is 21.3 Å². The number of hydrogen-bond donors (Lipinski definition) is 1. The molecule has 2 unspecified atom stereocenters. The maximum atomic E-state index is 5.96. The third-order valence-electron chi connectivity index (χ3n) is 3.77. The van der Waals surface area contributed by atoms with E-state index in [2.05, 4.69) is 42.6 Å². The van der Waals surface area contributed by atoms with Gasteiger partial charge in [-0.25, -0.2) is 0 Å². The lowest BCUT2D eigenvalue weighted by Crippen LogP contribution is -2.45. The van der Waals surface area contributed by atoms with Crippen molar-refractivity contribution in [3.8, 4) is 0 Å². The molecule has 112 valence electrons. The van der Waals surface area contributed by atoms with Gasteiger partial charge in [0.1, 0.15) is 0 Å². The Balaban J connectivity index is 1.77. The molecule has 0 radical (unpaired) electrons. The van der Waals surface area contributed by atoms with Gasteiger partial charge in [0.2, 0.25) is 0 Å². The molecule has 2 rings (SSSR count). The molecule has 1 fully saturated rings. The Bertz CT molecular complexity index is 351. The maximum absolute atomic E-state index is 5.96. The van der Waals surface area contributed by atoms with Gasteiger partial charge in [0, 0.05) is 17.5 Å². The van der Waals surface area contributed by atoms with E-state index in [1.54, 1.807) is 0 Å². The van der Waals surface area contributed by atoms with Gasteiger partial charge in [-0.05, 0) is 37.8 Å². The lowest BCUT2D eigenvalue weighted by molar-refractivity contribution is 0.0443. The third-order valence-corrected chi connectivity index (χ3v) is 4.79. The first kappa shape index (κ1) is 15.9. The van der Waals surface area contributed by atoms with Gasteiger partial charge in [-0.15, -0.1) is 0 Å². The van der Waals surface area contributed by atoms with Gasteiger partial charge in [0.15, 0.2) is 0 Å². The minimum absolute atomic E-state index is 0.399. The predicted octanol–water partition coefficient (Wildman–Crippen LogP) is 3.51. The fourth-order valence-electron chi connectivity index (χ4n) is 2.66. The summed E-state index contributed by atoms with van der Waals surface area (Å²) in [5.74, 6) is 2.30. The zero-order valence-corrected chi connectivity index (χ0v) is 13.3. The second-order valence-electron chi connectivity index (χ2n) is 5.42. The number of thioether (sulfide) groups is 1. The van der Waals surface area contributed by atoms with Crippen LogP contribution in [0.15, 0.2) is 30.3 Å². The van der Waals surface area contributed by atoms with E-state index in [0.717, 1.165) is 24.7 Å². The highest BCUT2D eigenvalue weighted by atomic mass is 32.2. The van der Waals surface area contributed by atoms with Crippen LogP contribution in [-0.2, 0) is 11.2 Å². The first-order chi connectivity index (χ1) is 9.90. The zero-order valence-electron chi connectivity index (χ0n) is 12.5. The summed E-state index contributed by atoms with van der Waals surface area (Å²) in [5, 5.41) is 3.69. The van der Waals surface area contributed by atoms with Crippen molar-refractivity contribution in [1.82, 2.24) is 5.32 Å². The minimum Gasteiger partial charge on any atom is -0.375 e. The highest BCUT2D eigenvalue weighted by molar-refractivity contribution is 7.99. The summed E-state index contributed by atoms with van der Waals surface area (Å²) in [4.78, 5) is 0. The molecule has 0 bridgehead atoms. The molecule has 1 N–H and O–H groups in total. The van der Waals surface area contributed by atoms with Gasteiger partial charge in [-0.2, -0.15) is 11.8 Å². The first-order valence-electron chi connectivity index (χ1n) is 7.87. The summed E-state index contributed by atoms with van der Waals surface area (Å²) in [7, 11) is 0. The lowest BCUT2D eigenvalue weighted by Gasteiger charge is -2.31. The number of hydrogen-bond acceptors (Lipinski definition) is 3. The molecule has 2 atom stereocenters. The number of ether oxygens (including phenoxy) is 1. The summed E-state index contributed by atoms with van der Waals surface area (Å²) in [6, 6.07) is 11.3. The third kappa shape index (κ3) is 5.47. The maximum Gasteiger partial charge on any atom is 0.0818 e. The highest BCUT2D eigenvalue weighted by Gasteiger charge is 2.23. The van der Waals surface area contributed by atoms with Crippen molar-refractivity contribution in [2.45, 2.75) is 44.8 Å². The molecule has 1 aliphatic rings. The monoisotopic (exact) mass is 293 g/mol. The van der Waals surface area contributed by atoms with Crippen LogP contribution in [-0.4, -0.2) is 36.8 Å². The SMILES string of the molecule is CCCNC(CCCc1ccccc1)C1CSCCO1. The van der Waals surface area contributed by atoms with E-state index >= 15 is 0 Å². The van der Waals surface area contributed by atoms with Gasteiger partial charge < -0.3 is 10.1 Å². The van der Waals surface area contributed by atoms with Crippen LogP contribution in [0.4, 0.5) is 0 Å². The van der Waals surface area contributed by atoms with Crippen molar-refractivity contribution < 1.29 is 4.74 Å². The van der Waals surface area contributed by atoms with Crippen molar-refractivity contribution in [2.24, 2.45) is 0 Å². The highest BCUT2D eigenvalue weighted by Crippen LogP contribution is 2.19. The molecule has 1 saturated heterocycles. The molecule has 1 heterocycles. The van der Waals surface area contributed by atoms with Crippen molar-refractivity contribution >= 4 is 11.8 Å². The smallest absolute Gasteiger partial charge is 0.0818 e. The van der Waals surface area contributed by atoms with Crippen LogP contribution in [0.25, 0.3) is 0 Å². The molecule has 20 heavy (non-hydrogen) atoms. The molecule has 0 saturated carbocycles. The second kappa shape index (κ2) is 9.43. The van der Waals surface area contributed by atoms with Crippen LogP contribution in [0.2, 0.25) is 0 Å². The van der Waals surface area contributed by atoms with Crippen molar-refractivity contribution in [2.75, 3.05) is 24.7 Å². The predicted molar refractivity (Wildman–Crippen MR) is 88.5 cm³/mol. The normalized spacial score (nSPS) is 20.8. The second-order valence-corrected chi connectivity index (χ2v) is 6.57. The van der Waals surface area contributed by atoms with E-state index in [4.69, 9.17) is 4.74 Å². The average Bonchev–Trinajstić information content (AvgIpc) is 2.52. The standard InChI is InChI=1S/C17H27NOS/c1-2-11-18-16(17-14-20-13-12-19-17)10-6-9-15-7-4-3-5-8-15/h3-5,7-8,16-18H,2,6,9-14H2,1H3. The van der Waals surface area contributed by atoms with Crippen LogP contribution in [0.3, 0.4) is 0 Å². The number of rotatable bonds is 8. The molecule has 0 aromatic heterocycles. The molecular formula is C17H27NOS. The van der Waals surface area contributed by atoms with Gasteiger partial charge in [-0.1, -0.05) is 37.3 Å². The quantitative estimate of drug-likeness (QED) is 0.792. The van der Waals surface area contributed by atoms with Crippen molar-refractivity contribution in [1.29, 1.82) is 0 Å². The number of aryl methyl sites for hydroxylation is 1. The molecule has 0 aliphatic carbocycles. The van der Waals surface area contributed by atoms with Crippen molar-refractivity contribution in [3.05, 3.63) is 35.9 Å². The van der Waals surface area contributed by atoms with Gasteiger partial charge in [0.05, 0.1) is 12.7 Å². The molecule has 1 aromatic rings. The summed E-state index contributed by atoms with van der Waals surface area (Å²) in [5.41, 5.74) is 1.45. The van der Waals surface area contributed by atoms with E-state index in [-0.39, 0.29) is 0 Å². The van der Waals surface area contributed by atoms with Gasteiger partial charge in [0.25, 0.3) is 0 Å². The molecule has 1 aliphatic heterocycles. The van der Waals surface area contributed by atoms with E-state index in [0.29, 0.717) is 12.1 Å². The summed E-state index contributed by atoms with van der Waals surface area (Å²) < 4.78 is 5.96. The van der Waals surface area contributed by atoms with Crippen LogP contribution in [0, 0.1) is 0 Å². The Hall–Kier alpha value is -0.510. The Morgan fingerprint density at radius 1 is 1.35 bits per heavy atom. The molecule has 1 aromatic carbocycles. The summed E-state index contributed by atoms with van der Waals surface area (Å²) in [6.45, 7) is 4.24. The van der Waals surface area contributed by atoms with E-state index in [1.165, 1.54) is 31.2 Å². The van der Waals surface area contributed by atoms with Crippen LogP contribution in [0.1, 0.15) is 31.7 Å². The van der Waals surface area contributed by atoms with E-state index in [9.17, 15) is 0 Å².